The molecule has 1 aliphatic heterocycles. The second-order valence-corrected chi connectivity index (χ2v) is 21.3. The molecule has 1 heterocycles. The Bertz CT molecular complexity index is 3760. The number of hydrogen-bond donors (Lipinski definition) is 0. The molecule has 0 atom stereocenters. The van der Waals surface area contributed by atoms with Gasteiger partial charge >= 0.3 is 0 Å². The largest absolute Gasteiger partial charge is 0.453 e. The molecule has 0 amide bonds. The minimum Gasteiger partial charge on any atom is -0.453 e. The molecular formula is C72H53NO. The van der Waals surface area contributed by atoms with Crippen LogP contribution < -0.4 is 9.64 Å². The molecule has 352 valence electrons. The fourth-order valence-corrected chi connectivity index (χ4v) is 12.4. The molecule has 0 saturated carbocycles. The predicted molar refractivity (Wildman–Crippen MR) is 309 cm³/mol. The van der Waals surface area contributed by atoms with Crippen LogP contribution in [-0.4, -0.2) is 0 Å². The average Bonchev–Trinajstić information content (AvgIpc) is 3.83. The standard InChI is InChI=1S/C72H53NO/c1-71(2)62-24-13-11-20-58(62)60-38-34-52(42-64(60)71)54-36-40-66-68(44-54)74-69-45-55(53-35-39-61-59-21-12-14-25-63(59)72(3,4)65(61)43-53)37-41-67(69)73(66)70-56(50-30-26-48(27-31-50)46-16-7-5-8-17-46)22-15-23-57(70)51-32-28-49(29-33-51)47-18-9-6-10-19-47/h5-45H,1-4H3. The van der Waals surface area contributed by atoms with Crippen molar-refractivity contribution in [2.45, 2.75) is 38.5 Å². The first-order valence-electron chi connectivity index (χ1n) is 25.9. The Labute approximate surface area is 434 Å². The van der Waals surface area contributed by atoms with Crippen LogP contribution in [0.15, 0.2) is 249 Å². The second-order valence-electron chi connectivity index (χ2n) is 21.3. The predicted octanol–water partition coefficient (Wildman–Crippen LogP) is 19.9. The number of nitrogens with zero attached hydrogens (tertiary/aromatic N) is 1. The smallest absolute Gasteiger partial charge is 0.152 e. The van der Waals surface area contributed by atoms with E-state index in [-0.39, 0.29) is 10.8 Å². The van der Waals surface area contributed by atoms with Gasteiger partial charge in [0.25, 0.3) is 0 Å². The van der Waals surface area contributed by atoms with Crippen LogP contribution in [0.1, 0.15) is 49.9 Å². The van der Waals surface area contributed by atoms with Crippen LogP contribution in [0.2, 0.25) is 0 Å². The van der Waals surface area contributed by atoms with Gasteiger partial charge in [-0.3, -0.25) is 0 Å². The van der Waals surface area contributed by atoms with E-state index in [0.717, 1.165) is 61.9 Å². The molecule has 0 N–H and O–H groups in total. The van der Waals surface area contributed by atoms with Crippen molar-refractivity contribution in [2.24, 2.45) is 0 Å². The van der Waals surface area contributed by atoms with E-state index in [1.807, 2.05) is 0 Å². The van der Waals surface area contributed by atoms with Gasteiger partial charge in [-0.1, -0.05) is 240 Å². The number of rotatable bonds is 7. The first-order chi connectivity index (χ1) is 36.2. The van der Waals surface area contributed by atoms with Crippen molar-refractivity contribution < 1.29 is 4.74 Å². The van der Waals surface area contributed by atoms with Gasteiger partial charge in [0.05, 0.1) is 17.1 Å². The summed E-state index contributed by atoms with van der Waals surface area (Å²) in [5, 5.41) is 0. The number of ether oxygens (including phenoxy) is 1. The van der Waals surface area contributed by atoms with Gasteiger partial charge in [-0.15, -0.1) is 0 Å². The number of hydrogen-bond acceptors (Lipinski definition) is 2. The SMILES string of the molecule is CC1(C)c2ccccc2-c2ccc(-c3ccc4c(c3)Oc3cc(-c5ccc6c(c5)C(C)(C)c5ccccc5-6)ccc3N4c3c(-c4ccc(-c5ccccc5)cc4)cccc3-c3ccc(-c4ccccc4)cc3)cc21. The lowest BCUT2D eigenvalue weighted by Crippen LogP contribution is -2.18. The van der Waals surface area contributed by atoms with Gasteiger partial charge in [0.1, 0.15) is 0 Å². The van der Waals surface area contributed by atoms with Crippen molar-refractivity contribution >= 4 is 17.1 Å². The molecular weight excluding hydrogens is 895 g/mol. The van der Waals surface area contributed by atoms with E-state index in [1.54, 1.807) is 0 Å². The van der Waals surface area contributed by atoms with Gasteiger partial charge in [0.15, 0.2) is 11.5 Å². The highest BCUT2D eigenvalue weighted by molar-refractivity contribution is 6.02. The molecule has 74 heavy (non-hydrogen) atoms. The molecule has 0 saturated heterocycles. The lowest BCUT2D eigenvalue weighted by molar-refractivity contribution is 0.477. The van der Waals surface area contributed by atoms with E-state index in [4.69, 9.17) is 4.74 Å². The minimum atomic E-state index is -0.118. The Morgan fingerprint density at radius 2 is 0.581 bits per heavy atom. The summed E-state index contributed by atoms with van der Waals surface area (Å²) in [6.45, 7) is 9.41. The third-order valence-electron chi connectivity index (χ3n) is 16.3. The fourth-order valence-electron chi connectivity index (χ4n) is 12.4. The molecule has 14 rings (SSSR count). The van der Waals surface area contributed by atoms with E-state index in [9.17, 15) is 0 Å². The van der Waals surface area contributed by atoms with E-state index >= 15 is 0 Å². The first kappa shape index (κ1) is 43.8. The van der Waals surface area contributed by atoms with Crippen LogP contribution in [0.5, 0.6) is 11.5 Å². The summed E-state index contributed by atoms with van der Waals surface area (Å²) in [6.07, 6.45) is 0. The lowest BCUT2D eigenvalue weighted by Gasteiger charge is -2.36. The normalized spacial score (nSPS) is 14.0. The number of anilines is 3. The van der Waals surface area contributed by atoms with Gasteiger partial charge in [-0.2, -0.15) is 0 Å². The number of para-hydroxylation sites is 1. The van der Waals surface area contributed by atoms with Crippen LogP contribution in [0.4, 0.5) is 17.1 Å². The zero-order valence-corrected chi connectivity index (χ0v) is 42.0. The maximum atomic E-state index is 7.30. The highest BCUT2D eigenvalue weighted by Crippen LogP contribution is 2.58. The summed E-state index contributed by atoms with van der Waals surface area (Å²) in [6, 6.07) is 91.5. The van der Waals surface area contributed by atoms with Gasteiger partial charge < -0.3 is 9.64 Å². The van der Waals surface area contributed by atoms with Crippen molar-refractivity contribution in [3.63, 3.8) is 0 Å². The third-order valence-corrected chi connectivity index (χ3v) is 16.3. The molecule has 0 aromatic heterocycles. The highest BCUT2D eigenvalue weighted by Gasteiger charge is 2.37. The van der Waals surface area contributed by atoms with Crippen molar-refractivity contribution in [3.05, 3.63) is 271 Å². The van der Waals surface area contributed by atoms with Crippen LogP contribution in [0, 0.1) is 0 Å². The van der Waals surface area contributed by atoms with E-state index < -0.39 is 0 Å². The van der Waals surface area contributed by atoms with Crippen molar-refractivity contribution in [2.75, 3.05) is 4.90 Å². The van der Waals surface area contributed by atoms with Crippen molar-refractivity contribution in [3.8, 4) is 101 Å². The molecule has 2 heteroatoms. The molecule has 3 aliphatic rings. The van der Waals surface area contributed by atoms with Crippen LogP contribution >= 0.6 is 0 Å². The maximum absolute atomic E-state index is 7.30. The quantitative estimate of drug-likeness (QED) is 0.158. The molecule has 0 unspecified atom stereocenters. The van der Waals surface area contributed by atoms with Gasteiger partial charge in [-0.25, -0.2) is 0 Å². The Morgan fingerprint density at radius 1 is 0.257 bits per heavy atom. The van der Waals surface area contributed by atoms with E-state index in [2.05, 4.69) is 281 Å². The number of fused-ring (bicyclic) bond motifs is 8. The number of benzene rings is 11. The van der Waals surface area contributed by atoms with Crippen molar-refractivity contribution in [1.82, 2.24) is 0 Å². The Balaban J connectivity index is 0.959. The highest BCUT2D eigenvalue weighted by atomic mass is 16.5. The van der Waals surface area contributed by atoms with Crippen molar-refractivity contribution in [1.29, 1.82) is 0 Å². The van der Waals surface area contributed by atoms with Crippen LogP contribution in [0.25, 0.3) is 89.0 Å². The Morgan fingerprint density at radius 3 is 1.03 bits per heavy atom. The summed E-state index contributed by atoms with van der Waals surface area (Å²) >= 11 is 0. The zero-order chi connectivity index (χ0) is 49.7. The van der Waals surface area contributed by atoms with Gasteiger partial charge in [-0.05, 0) is 137 Å². The van der Waals surface area contributed by atoms with Gasteiger partial charge in [0.2, 0.25) is 0 Å². The Kier molecular flexibility index (Phi) is 9.94. The zero-order valence-electron chi connectivity index (χ0n) is 42.0. The topological polar surface area (TPSA) is 12.5 Å². The van der Waals surface area contributed by atoms with Crippen LogP contribution in [0.3, 0.4) is 0 Å². The monoisotopic (exact) mass is 947 g/mol. The molecule has 2 aliphatic carbocycles. The molecule has 0 fully saturated rings. The Hall–Kier alpha value is -8.98. The molecule has 11 aromatic carbocycles. The first-order valence-corrected chi connectivity index (χ1v) is 25.9. The summed E-state index contributed by atoms with van der Waals surface area (Å²) in [5.74, 6) is 1.61. The lowest BCUT2D eigenvalue weighted by atomic mass is 9.81. The summed E-state index contributed by atoms with van der Waals surface area (Å²) in [5.41, 5.74) is 27.4. The summed E-state index contributed by atoms with van der Waals surface area (Å²) in [7, 11) is 0. The molecule has 2 nitrogen and oxygen atoms in total. The molecule has 0 bridgehead atoms. The van der Waals surface area contributed by atoms with E-state index in [1.165, 1.54) is 77.9 Å². The second kappa shape index (κ2) is 16.8. The minimum absolute atomic E-state index is 0.118. The molecule has 0 spiro atoms. The summed E-state index contributed by atoms with van der Waals surface area (Å²) < 4.78 is 7.30. The van der Waals surface area contributed by atoms with Gasteiger partial charge in [0, 0.05) is 22.0 Å². The fraction of sp³-hybridized carbons (Fsp3) is 0.0833. The summed E-state index contributed by atoms with van der Waals surface area (Å²) in [4.78, 5) is 2.47. The maximum Gasteiger partial charge on any atom is 0.152 e. The average molecular weight is 948 g/mol. The molecule has 11 aromatic rings. The third kappa shape index (κ3) is 6.93. The van der Waals surface area contributed by atoms with Crippen LogP contribution in [-0.2, 0) is 10.8 Å². The van der Waals surface area contributed by atoms with E-state index in [0.29, 0.717) is 0 Å². The molecule has 0 radical (unpaired) electrons.